The Morgan fingerprint density at radius 2 is 1.91 bits per heavy atom. The van der Waals surface area contributed by atoms with Gasteiger partial charge in [0.25, 0.3) is 0 Å². The number of aromatic hydroxyl groups is 1. The summed E-state index contributed by atoms with van der Waals surface area (Å²) in [7, 11) is 0. The lowest BCUT2D eigenvalue weighted by Crippen LogP contribution is -2.07. The van der Waals surface area contributed by atoms with Gasteiger partial charge in [-0.3, -0.25) is 0 Å². The second-order valence-electron chi connectivity index (χ2n) is 5.62. The molecule has 3 aromatic rings. The summed E-state index contributed by atoms with van der Waals surface area (Å²) in [6.07, 6.45) is 2.33. The SMILES string of the molecule is Oc1ccc(Cl)cc1Nc1nc(NC2CC2)c2ccccc2n1. The van der Waals surface area contributed by atoms with Crippen LogP contribution >= 0.6 is 11.6 Å². The standard InChI is InChI=1S/C17H15ClN4O/c18-10-5-8-15(23)14(9-10)21-17-20-13-4-2-1-3-12(13)16(22-17)19-11-6-7-11/h1-5,8-9,11,23H,6-7H2,(H2,19,20,21,22). The van der Waals surface area contributed by atoms with Crippen LogP contribution in [0.5, 0.6) is 5.75 Å². The zero-order valence-electron chi connectivity index (χ0n) is 12.3. The molecular formula is C17H15ClN4O. The molecule has 1 fully saturated rings. The monoisotopic (exact) mass is 326 g/mol. The Hall–Kier alpha value is -2.53. The third-order valence-electron chi connectivity index (χ3n) is 3.73. The Morgan fingerprint density at radius 3 is 2.74 bits per heavy atom. The molecule has 0 radical (unpaired) electrons. The first-order chi connectivity index (χ1) is 11.2. The van der Waals surface area contributed by atoms with E-state index >= 15 is 0 Å². The molecule has 0 unspecified atom stereocenters. The zero-order chi connectivity index (χ0) is 15.8. The van der Waals surface area contributed by atoms with E-state index in [1.165, 1.54) is 6.07 Å². The van der Waals surface area contributed by atoms with E-state index in [1.807, 2.05) is 24.3 Å². The molecule has 4 rings (SSSR count). The summed E-state index contributed by atoms with van der Waals surface area (Å²) in [5.74, 6) is 1.33. The molecule has 0 atom stereocenters. The molecule has 0 amide bonds. The van der Waals surface area contributed by atoms with Crippen LogP contribution < -0.4 is 10.6 Å². The van der Waals surface area contributed by atoms with Crippen molar-refractivity contribution in [3.05, 3.63) is 47.5 Å². The van der Waals surface area contributed by atoms with Crippen molar-refractivity contribution in [2.45, 2.75) is 18.9 Å². The summed E-state index contributed by atoms with van der Waals surface area (Å²) < 4.78 is 0. The van der Waals surface area contributed by atoms with E-state index in [2.05, 4.69) is 20.6 Å². The summed E-state index contributed by atoms with van der Waals surface area (Å²) in [6, 6.07) is 13.2. The van der Waals surface area contributed by atoms with Gasteiger partial charge in [-0.15, -0.1) is 0 Å². The molecule has 23 heavy (non-hydrogen) atoms. The molecule has 116 valence electrons. The van der Waals surface area contributed by atoms with Crippen molar-refractivity contribution in [2.75, 3.05) is 10.6 Å². The molecule has 2 aromatic carbocycles. The van der Waals surface area contributed by atoms with E-state index < -0.39 is 0 Å². The van der Waals surface area contributed by atoms with E-state index in [0.717, 1.165) is 29.6 Å². The van der Waals surface area contributed by atoms with Crippen LogP contribution in [0.15, 0.2) is 42.5 Å². The molecule has 5 nitrogen and oxygen atoms in total. The molecule has 1 aliphatic carbocycles. The molecule has 3 N–H and O–H groups in total. The van der Waals surface area contributed by atoms with Gasteiger partial charge in [0.15, 0.2) is 0 Å². The number of hydrogen-bond acceptors (Lipinski definition) is 5. The Morgan fingerprint density at radius 1 is 1.09 bits per heavy atom. The van der Waals surface area contributed by atoms with E-state index in [1.54, 1.807) is 12.1 Å². The van der Waals surface area contributed by atoms with Gasteiger partial charge in [-0.05, 0) is 43.2 Å². The minimum absolute atomic E-state index is 0.0999. The number of hydrogen-bond donors (Lipinski definition) is 3. The summed E-state index contributed by atoms with van der Waals surface area (Å²) in [5.41, 5.74) is 1.32. The molecule has 0 saturated heterocycles. The topological polar surface area (TPSA) is 70.1 Å². The summed E-state index contributed by atoms with van der Waals surface area (Å²) in [6.45, 7) is 0. The number of anilines is 3. The number of nitrogens with zero attached hydrogens (tertiary/aromatic N) is 2. The number of para-hydroxylation sites is 1. The molecule has 0 spiro atoms. The number of phenolic OH excluding ortho intramolecular Hbond substituents is 1. The average Bonchev–Trinajstić information content (AvgIpc) is 3.35. The Kier molecular flexibility index (Phi) is 3.42. The number of aromatic nitrogens is 2. The van der Waals surface area contributed by atoms with Crippen molar-refractivity contribution >= 4 is 40.0 Å². The summed E-state index contributed by atoms with van der Waals surface area (Å²) in [4.78, 5) is 9.07. The van der Waals surface area contributed by atoms with Crippen LogP contribution in [-0.4, -0.2) is 21.1 Å². The number of rotatable bonds is 4. The number of phenols is 1. The van der Waals surface area contributed by atoms with E-state index in [-0.39, 0.29) is 5.75 Å². The molecule has 0 bridgehead atoms. The van der Waals surface area contributed by atoms with Crippen LogP contribution in [0.25, 0.3) is 10.9 Å². The first kappa shape index (κ1) is 14.1. The minimum atomic E-state index is 0.0999. The predicted octanol–water partition coefficient (Wildman–Crippen LogP) is 4.31. The van der Waals surface area contributed by atoms with Gasteiger partial charge < -0.3 is 15.7 Å². The van der Waals surface area contributed by atoms with Gasteiger partial charge in [0.05, 0.1) is 11.2 Å². The van der Waals surface area contributed by atoms with Crippen LogP contribution in [-0.2, 0) is 0 Å². The maximum atomic E-state index is 9.94. The van der Waals surface area contributed by atoms with Crippen LogP contribution in [0.3, 0.4) is 0 Å². The third-order valence-corrected chi connectivity index (χ3v) is 3.96. The second-order valence-corrected chi connectivity index (χ2v) is 6.05. The lowest BCUT2D eigenvalue weighted by Gasteiger charge is -2.12. The summed E-state index contributed by atoms with van der Waals surface area (Å²) in [5, 5.41) is 17.9. The van der Waals surface area contributed by atoms with Gasteiger partial charge in [-0.2, -0.15) is 4.98 Å². The highest BCUT2D eigenvalue weighted by Gasteiger charge is 2.22. The predicted molar refractivity (Wildman–Crippen MR) is 92.6 cm³/mol. The lowest BCUT2D eigenvalue weighted by atomic mass is 10.2. The zero-order valence-corrected chi connectivity index (χ0v) is 13.0. The van der Waals surface area contributed by atoms with Gasteiger partial charge in [-0.25, -0.2) is 4.98 Å². The molecule has 1 aliphatic rings. The van der Waals surface area contributed by atoms with Crippen LogP contribution in [0.2, 0.25) is 5.02 Å². The van der Waals surface area contributed by atoms with E-state index in [4.69, 9.17) is 11.6 Å². The van der Waals surface area contributed by atoms with Gasteiger partial charge in [0, 0.05) is 16.5 Å². The number of benzene rings is 2. The van der Waals surface area contributed by atoms with Gasteiger partial charge in [0.1, 0.15) is 11.6 Å². The first-order valence-corrected chi connectivity index (χ1v) is 7.86. The Balaban J connectivity index is 1.75. The minimum Gasteiger partial charge on any atom is -0.506 e. The Labute approximate surface area is 138 Å². The third kappa shape index (κ3) is 3.00. The summed E-state index contributed by atoms with van der Waals surface area (Å²) >= 11 is 5.98. The van der Waals surface area contributed by atoms with Crippen LogP contribution in [0.1, 0.15) is 12.8 Å². The van der Waals surface area contributed by atoms with Gasteiger partial charge >= 0.3 is 0 Å². The number of halogens is 1. The lowest BCUT2D eigenvalue weighted by molar-refractivity contribution is 0.477. The molecule has 1 aromatic heterocycles. The number of fused-ring (bicyclic) bond motifs is 1. The van der Waals surface area contributed by atoms with E-state index in [0.29, 0.717) is 22.7 Å². The average molecular weight is 327 g/mol. The largest absolute Gasteiger partial charge is 0.506 e. The molecule has 0 aliphatic heterocycles. The maximum Gasteiger partial charge on any atom is 0.229 e. The molecular weight excluding hydrogens is 312 g/mol. The normalized spacial score (nSPS) is 14.0. The van der Waals surface area contributed by atoms with E-state index in [9.17, 15) is 5.11 Å². The highest BCUT2D eigenvalue weighted by Crippen LogP contribution is 2.32. The molecule has 6 heteroatoms. The smallest absolute Gasteiger partial charge is 0.229 e. The fraction of sp³-hybridized carbons (Fsp3) is 0.176. The number of nitrogens with one attached hydrogen (secondary N) is 2. The highest BCUT2D eigenvalue weighted by atomic mass is 35.5. The van der Waals surface area contributed by atoms with Gasteiger partial charge in [-0.1, -0.05) is 23.7 Å². The Bertz CT molecular complexity index is 880. The first-order valence-electron chi connectivity index (χ1n) is 7.48. The van der Waals surface area contributed by atoms with Crippen molar-refractivity contribution in [2.24, 2.45) is 0 Å². The van der Waals surface area contributed by atoms with Crippen molar-refractivity contribution < 1.29 is 5.11 Å². The van der Waals surface area contributed by atoms with Gasteiger partial charge in [0.2, 0.25) is 5.95 Å². The maximum absolute atomic E-state index is 9.94. The van der Waals surface area contributed by atoms with Crippen molar-refractivity contribution in [1.82, 2.24) is 9.97 Å². The molecule has 1 saturated carbocycles. The fourth-order valence-corrected chi connectivity index (χ4v) is 2.56. The van der Waals surface area contributed by atoms with Crippen LogP contribution in [0.4, 0.5) is 17.5 Å². The van der Waals surface area contributed by atoms with Crippen LogP contribution in [0, 0.1) is 0 Å². The molecule has 1 heterocycles. The highest BCUT2D eigenvalue weighted by molar-refractivity contribution is 6.31. The van der Waals surface area contributed by atoms with Crippen molar-refractivity contribution in [3.63, 3.8) is 0 Å². The van der Waals surface area contributed by atoms with Crippen molar-refractivity contribution in [3.8, 4) is 5.75 Å². The second kappa shape index (κ2) is 5.59. The fourth-order valence-electron chi connectivity index (χ4n) is 2.39. The van der Waals surface area contributed by atoms with Crippen molar-refractivity contribution in [1.29, 1.82) is 0 Å². The quantitative estimate of drug-likeness (QED) is 0.623.